The van der Waals surface area contributed by atoms with Crippen molar-refractivity contribution in [2.75, 3.05) is 6.54 Å². The van der Waals surface area contributed by atoms with Gasteiger partial charge in [-0.1, -0.05) is 17.7 Å². The van der Waals surface area contributed by atoms with Crippen LogP contribution < -0.4 is 5.32 Å². The van der Waals surface area contributed by atoms with Crippen LogP contribution in [0.25, 0.3) is 0 Å². The molecule has 0 radical (unpaired) electrons. The lowest BCUT2D eigenvalue weighted by Gasteiger charge is -1.94. The molecule has 0 bridgehead atoms. The topological polar surface area (TPSA) is 24.9 Å². The molecule has 60 valence electrons. The number of nitrogens with one attached hydrogen (secondary N) is 1. The summed E-state index contributed by atoms with van der Waals surface area (Å²) in [5.41, 5.74) is 0. The number of hydrogen-bond donors (Lipinski definition) is 1. The first kappa shape index (κ1) is 8.71. The van der Waals surface area contributed by atoms with Gasteiger partial charge in [0.05, 0.1) is 6.20 Å². The molecule has 0 spiro atoms. The molecule has 0 saturated heterocycles. The van der Waals surface area contributed by atoms with E-state index in [9.17, 15) is 0 Å². The highest BCUT2D eigenvalue weighted by Crippen LogP contribution is 2.17. The van der Waals surface area contributed by atoms with Gasteiger partial charge in [-0.05, 0) is 0 Å². The Balaban J connectivity index is 2.32. The van der Waals surface area contributed by atoms with Gasteiger partial charge < -0.3 is 5.32 Å². The summed E-state index contributed by atoms with van der Waals surface area (Å²) in [6.07, 6.45) is 3.48. The molecule has 0 saturated carbocycles. The Morgan fingerprint density at radius 3 is 3.18 bits per heavy atom. The number of hydrogen-bond acceptors (Lipinski definition) is 3. The fraction of sp³-hybridized carbons (Fsp3) is 0.286. The fourth-order valence-corrected chi connectivity index (χ4v) is 1.58. The maximum Gasteiger partial charge on any atom is 0.113 e. The number of nitrogens with zero attached hydrogens (tertiary/aromatic N) is 1. The lowest BCUT2D eigenvalue weighted by molar-refractivity contribution is 0.755. The van der Waals surface area contributed by atoms with Gasteiger partial charge in [-0.3, -0.25) is 0 Å². The van der Waals surface area contributed by atoms with E-state index in [-0.39, 0.29) is 0 Å². The Labute approximate surface area is 74.9 Å². The molecule has 1 N–H and O–H groups in total. The minimum atomic E-state index is 0.736. The Bertz CT molecular complexity index is 234. The van der Waals surface area contributed by atoms with Gasteiger partial charge in [0, 0.05) is 13.1 Å². The summed E-state index contributed by atoms with van der Waals surface area (Å²) in [7, 11) is 0. The molecule has 0 unspecified atom stereocenters. The van der Waals surface area contributed by atoms with Gasteiger partial charge in [0.15, 0.2) is 0 Å². The van der Waals surface area contributed by atoms with Gasteiger partial charge in [0.2, 0.25) is 0 Å². The van der Waals surface area contributed by atoms with E-state index in [1.165, 1.54) is 11.3 Å². The van der Waals surface area contributed by atoms with Crippen molar-refractivity contribution in [3.05, 3.63) is 28.2 Å². The van der Waals surface area contributed by atoms with Crippen LogP contribution in [0.1, 0.15) is 5.01 Å². The Hall–Kier alpha value is -0.380. The SMILES string of the molecule is C=CCNCc1ncc(Cl)s1. The third kappa shape index (κ3) is 3.01. The molecule has 1 aromatic rings. The number of halogens is 1. The molecule has 1 aromatic heterocycles. The molecule has 0 aliphatic carbocycles. The predicted molar refractivity (Wildman–Crippen MR) is 49.0 cm³/mol. The molecule has 0 aliphatic rings. The van der Waals surface area contributed by atoms with Crippen molar-refractivity contribution in [2.45, 2.75) is 6.54 Å². The van der Waals surface area contributed by atoms with Crippen LogP contribution in [-0.2, 0) is 6.54 Å². The first-order valence-corrected chi connectivity index (χ1v) is 4.44. The quantitative estimate of drug-likeness (QED) is 0.578. The number of thiazole rings is 1. The fourth-order valence-electron chi connectivity index (χ4n) is 0.651. The monoisotopic (exact) mass is 188 g/mol. The minimum Gasteiger partial charge on any atom is -0.307 e. The standard InChI is InChI=1S/C7H9ClN2S/c1-2-3-9-5-7-10-4-6(8)11-7/h2,4,9H,1,3,5H2. The first-order chi connectivity index (χ1) is 5.33. The third-order valence-corrected chi connectivity index (χ3v) is 2.21. The van der Waals surface area contributed by atoms with E-state index in [1.54, 1.807) is 6.20 Å². The van der Waals surface area contributed by atoms with E-state index >= 15 is 0 Å². The average Bonchev–Trinajstić information content (AvgIpc) is 2.37. The summed E-state index contributed by atoms with van der Waals surface area (Å²) in [5, 5.41) is 4.15. The highest BCUT2D eigenvalue weighted by molar-refractivity contribution is 7.15. The largest absolute Gasteiger partial charge is 0.307 e. The summed E-state index contributed by atoms with van der Waals surface area (Å²) in [6.45, 7) is 5.16. The van der Waals surface area contributed by atoms with Crippen LogP contribution in [0, 0.1) is 0 Å². The minimum absolute atomic E-state index is 0.736. The second-order valence-corrected chi connectivity index (χ2v) is 3.72. The van der Waals surface area contributed by atoms with Gasteiger partial charge in [-0.2, -0.15) is 0 Å². The van der Waals surface area contributed by atoms with E-state index in [0.717, 1.165) is 22.4 Å². The maximum atomic E-state index is 5.68. The molecule has 4 heteroatoms. The van der Waals surface area contributed by atoms with Crippen LogP contribution in [0.4, 0.5) is 0 Å². The van der Waals surface area contributed by atoms with Crippen LogP contribution in [0.3, 0.4) is 0 Å². The highest BCUT2D eigenvalue weighted by atomic mass is 35.5. The van der Waals surface area contributed by atoms with Crippen molar-refractivity contribution in [1.29, 1.82) is 0 Å². The van der Waals surface area contributed by atoms with Crippen molar-refractivity contribution < 1.29 is 0 Å². The predicted octanol–water partition coefficient (Wildman–Crippen LogP) is 2.07. The van der Waals surface area contributed by atoms with Crippen molar-refractivity contribution in [3.8, 4) is 0 Å². The van der Waals surface area contributed by atoms with Crippen molar-refractivity contribution in [1.82, 2.24) is 10.3 Å². The van der Waals surface area contributed by atoms with E-state index in [2.05, 4.69) is 16.9 Å². The molecule has 0 aliphatic heterocycles. The molecule has 11 heavy (non-hydrogen) atoms. The Morgan fingerprint density at radius 1 is 1.82 bits per heavy atom. The first-order valence-electron chi connectivity index (χ1n) is 3.24. The number of aromatic nitrogens is 1. The molecular weight excluding hydrogens is 180 g/mol. The third-order valence-electron chi connectivity index (χ3n) is 1.09. The van der Waals surface area contributed by atoms with Gasteiger partial charge >= 0.3 is 0 Å². The van der Waals surface area contributed by atoms with Gasteiger partial charge in [-0.15, -0.1) is 17.9 Å². The van der Waals surface area contributed by atoms with Crippen LogP contribution in [0.2, 0.25) is 4.34 Å². The van der Waals surface area contributed by atoms with Crippen LogP contribution >= 0.6 is 22.9 Å². The molecule has 1 heterocycles. The zero-order chi connectivity index (χ0) is 8.10. The Morgan fingerprint density at radius 2 is 2.64 bits per heavy atom. The summed E-state index contributed by atoms with van der Waals surface area (Å²) in [6, 6.07) is 0. The lowest BCUT2D eigenvalue weighted by atomic mass is 10.6. The average molecular weight is 189 g/mol. The Kier molecular flexibility index (Phi) is 3.56. The van der Waals surface area contributed by atoms with Crippen LogP contribution in [0.5, 0.6) is 0 Å². The lowest BCUT2D eigenvalue weighted by Crippen LogP contribution is -2.11. The second-order valence-electron chi connectivity index (χ2n) is 1.98. The smallest absolute Gasteiger partial charge is 0.113 e. The zero-order valence-corrected chi connectivity index (χ0v) is 7.58. The van der Waals surface area contributed by atoms with Gasteiger partial charge in [0.25, 0.3) is 0 Å². The van der Waals surface area contributed by atoms with Crippen LogP contribution in [-0.4, -0.2) is 11.5 Å². The summed E-state index contributed by atoms with van der Waals surface area (Å²) >= 11 is 7.18. The summed E-state index contributed by atoms with van der Waals surface area (Å²) in [5.74, 6) is 0. The zero-order valence-electron chi connectivity index (χ0n) is 6.01. The van der Waals surface area contributed by atoms with Crippen LogP contribution in [0.15, 0.2) is 18.9 Å². The van der Waals surface area contributed by atoms with Crippen molar-refractivity contribution in [2.24, 2.45) is 0 Å². The van der Waals surface area contributed by atoms with Crippen molar-refractivity contribution >= 4 is 22.9 Å². The molecule has 1 rings (SSSR count). The summed E-state index contributed by atoms with van der Waals surface area (Å²) in [4.78, 5) is 4.08. The summed E-state index contributed by atoms with van der Waals surface area (Å²) < 4.78 is 0.736. The second kappa shape index (κ2) is 4.49. The van der Waals surface area contributed by atoms with E-state index in [4.69, 9.17) is 11.6 Å². The van der Waals surface area contributed by atoms with Gasteiger partial charge in [-0.25, -0.2) is 4.98 Å². The molecule has 0 aromatic carbocycles. The maximum absolute atomic E-state index is 5.68. The van der Waals surface area contributed by atoms with E-state index in [0.29, 0.717) is 0 Å². The molecule has 0 amide bonds. The highest BCUT2D eigenvalue weighted by Gasteiger charge is 1.96. The molecule has 0 fully saturated rings. The van der Waals surface area contributed by atoms with E-state index in [1.807, 2.05) is 6.08 Å². The van der Waals surface area contributed by atoms with Gasteiger partial charge in [0.1, 0.15) is 9.34 Å². The molecule has 2 nitrogen and oxygen atoms in total. The molecular formula is C7H9ClN2S. The molecule has 0 atom stereocenters. The van der Waals surface area contributed by atoms with Crippen molar-refractivity contribution in [3.63, 3.8) is 0 Å². The number of rotatable bonds is 4. The normalized spacial score (nSPS) is 9.91. The van der Waals surface area contributed by atoms with E-state index < -0.39 is 0 Å².